The summed E-state index contributed by atoms with van der Waals surface area (Å²) in [6.45, 7) is 5.95. The fourth-order valence-corrected chi connectivity index (χ4v) is 2.40. The van der Waals surface area contributed by atoms with Crippen LogP contribution in [-0.2, 0) is 6.54 Å². The van der Waals surface area contributed by atoms with Crippen LogP contribution in [0.4, 0.5) is 10.8 Å². The van der Waals surface area contributed by atoms with Crippen molar-refractivity contribution in [1.29, 1.82) is 0 Å². The van der Waals surface area contributed by atoms with E-state index in [1.165, 1.54) is 22.6 Å². The van der Waals surface area contributed by atoms with E-state index in [4.69, 9.17) is 5.73 Å². The van der Waals surface area contributed by atoms with Crippen LogP contribution in [0, 0.1) is 6.92 Å². The Hall–Kier alpha value is -1.62. The van der Waals surface area contributed by atoms with Crippen LogP contribution in [0.15, 0.2) is 24.3 Å². The molecule has 0 aliphatic carbocycles. The van der Waals surface area contributed by atoms with Crippen molar-refractivity contribution in [3.8, 4) is 0 Å². The summed E-state index contributed by atoms with van der Waals surface area (Å²) in [5.41, 5.74) is 8.10. The molecule has 5 heteroatoms. The second-order valence-electron chi connectivity index (χ2n) is 3.83. The van der Waals surface area contributed by atoms with E-state index in [9.17, 15) is 0 Å². The van der Waals surface area contributed by atoms with Gasteiger partial charge in [0.05, 0.1) is 6.54 Å². The van der Waals surface area contributed by atoms with Gasteiger partial charge in [-0.2, -0.15) is 0 Å². The molecule has 17 heavy (non-hydrogen) atoms. The Kier molecular flexibility index (Phi) is 3.58. The number of nitrogens with zero attached hydrogens (tertiary/aromatic N) is 3. The Morgan fingerprint density at radius 1 is 1.29 bits per heavy atom. The fourth-order valence-electron chi connectivity index (χ4n) is 1.78. The van der Waals surface area contributed by atoms with E-state index in [0.29, 0.717) is 5.13 Å². The second kappa shape index (κ2) is 5.14. The highest BCUT2D eigenvalue weighted by molar-refractivity contribution is 7.15. The van der Waals surface area contributed by atoms with Gasteiger partial charge in [-0.15, -0.1) is 10.2 Å². The SMILES string of the molecule is CCN(Cc1nnc(N)s1)c1ccccc1C. The molecule has 0 saturated heterocycles. The van der Waals surface area contributed by atoms with E-state index in [1.54, 1.807) is 0 Å². The summed E-state index contributed by atoms with van der Waals surface area (Å²) in [7, 11) is 0. The van der Waals surface area contributed by atoms with Gasteiger partial charge in [-0.3, -0.25) is 0 Å². The largest absolute Gasteiger partial charge is 0.374 e. The third kappa shape index (κ3) is 2.74. The molecule has 0 amide bonds. The molecule has 1 heterocycles. The number of rotatable bonds is 4. The van der Waals surface area contributed by atoms with Gasteiger partial charge in [0, 0.05) is 12.2 Å². The number of aromatic nitrogens is 2. The first-order chi connectivity index (χ1) is 8.20. The van der Waals surface area contributed by atoms with Crippen molar-refractivity contribution in [2.45, 2.75) is 20.4 Å². The summed E-state index contributed by atoms with van der Waals surface area (Å²) in [5, 5.41) is 9.38. The topological polar surface area (TPSA) is 55.0 Å². The third-order valence-corrected chi connectivity index (χ3v) is 3.38. The smallest absolute Gasteiger partial charge is 0.203 e. The van der Waals surface area contributed by atoms with E-state index >= 15 is 0 Å². The minimum absolute atomic E-state index is 0.529. The first-order valence-electron chi connectivity index (χ1n) is 5.59. The van der Waals surface area contributed by atoms with Crippen LogP contribution in [0.5, 0.6) is 0 Å². The van der Waals surface area contributed by atoms with Gasteiger partial charge >= 0.3 is 0 Å². The molecule has 0 fully saturated rings. The molecule has 4 nitrogen and oxygen atoms in total. The van der Waals surface area contributed by atoms with Gasteiger partial charge in [0.25, 0.3) is 0 Å². The van der Waals surface area contributed by atoms with Crippen LogP contribution in [0.1, 0.15) is 17.5 Å². The van der Waals surface area contributed by atoms with Gasteiger partial charge in [0.2, 0.25) is 5.13 Å². The maximum Gasteiger partial charge on any atom is 0.203 e. The highest BCUT2D eigenvalue weighted by Gasteiger charge is 2.10. The molecular formula is C12H16N4S. The maximum absolute atomic E-state index is 5.59. The van der Waals surface area contributed by atoms with Crippen molar-refractivity contribution in [1.82, 2.24) is 10.2 Å². The summed E-state index contributed by atoms with van der Waals surface area (Å²) in [6.07, 6.45) is 0. The number of anilines is 2. The van der Waals surface area contributed by atoms with Crippen molar-refractivity contribution >= 4 is 22.2 Å². The lowest BCUT2D eigenvalue weighted by Gasteiger charge is -2.23. The number of aryl methyl sites for hydroxylation is 1. The first-order valence-corrected chi connectivity index (χ1v) is 6.40. The van der Waals surface area contributed by atoms with Crippen molar-refractivity contribution in [2.75, 3.05) is 17.2 Å². The summed E-state index contributed by atoms with van der Waals surface area (Å²) < 4.78 is 0. The molecule has 2 rings (SSSR count). The molecule has 1 aromatic carbocycles. The molecule has 0 radical (unpaired) electrons. The molecule has 2 aromatic rings. The molecule has 2 N–H and O–H groups in total. The summed E-state index contributed by atoms with van der Waals surface area (Å²) >= 11 is 1.45. The van der Waals surface area contributed by atoms with E-state index in [2.05, 4.69) is 53.2 Å². The number of para-hydroxylation sites is 1. The van der Waals surface area contributed by atoms with Gasteiger partial charge < -0.3 is 10.6 Å². The molecule has 0 aliphatic heterocycles. The average Bonchev–Trinajstić information content (AvgIpc) is 2.73. The van der Waals surface area contributed by atoms with Crippen LogP contribution in [0.3, 0.4) is 0 Å². The number of hydrogen-bond donors (Lipinski definition) is 1. The molecule has 0 atom stereocenters. The monoisotopic (exact) mass is 248 g/mol. The lowest BCUT2D eigenvalue weighted by Crippen LogP contribution is -2.22. The molecule has 0 unspecified atom stereocenters. The highest BCUT2D eigenvalue weighted by Crippen LogP contribution is 2.22. The lowest BCUT2D eigenvalue weighted by atomic mass is 10.2. The van der Waals surface area contributed by atoms with Gasteiger partial charge in [-0.05, 0) is 25.5 Å². The van der Waals surface area contributed by atoms with Crippen molar-refractivity contribution in [2.24, 2.45) is 0 Å². The normalized spacial score (nSPS) is 10.5. The predicted octanol–water partition coefficient (Wildman–Crippen LogP) is 2.46. The quantitative estimate of drug-likeness (QED) is 0.903. The number of benzene rings is 1. The minimum atomic E-state index is 0.529. The maximum atomic E-state index is 5.59. The summed E-state index contributed by atoms with van der Waals surface area (Å²) in [6, 6.07) is 8.35. The zero-order valence-electron chi connectivity index (χ0n) is 10.1. The molecule has 90 valence electrons. The van der Waals surface area contributed by atoms with E-state index < -0.39 is 0 Å². The number of nitrogens with two attached hydrogens (primary N) is 1. The molecule has 0 bridgehead atoms. The van der Waals surface area contributed by atoms with Crippen molar-refractivity contribution in [3.05, 3.63) is 34.8 Å². The van der Waals surface area contributed by atoms with Crippen LogP contribution >= 0.6 is 11.3 Å². The second-order valence-corrected chi connectivity index (χ2v) is 4.93. The Bertz CT molecular complexity index is 495. The van der Waals surface area contributed by atoms with Crippen LogP contribution in [0.2, 0.25) is 0 Å². The van der Waals surface area contributed by atoms with E-state index in [0.717, 1.165) is 18.1 Å². The highest BCUT2D eigenvalue weighted by atomic mass is 32.1. The Balaban J connectivity index is 2.20. The zero-order valence-corrected chi connectivity index (χ0v) is 10.9. The third-order valence-electron chi connectivity index (χ3n) is 2.65. The summed E-state index contributed by atoms with van der Waals surface area (Å²) in [4.78, 5) is 2.27. The standard InChI is InChI=1S/C12H16N4S/c1-3-16(8-11-14-15-12(13)17-11)10-7-5-4-6-9(10)2/h4-7H,3,8H2,1-2H3,(H2,13,15). The first kappa shape index (κ1) is 11.9. The number of nitrogen functional groups attached to an aromatic ring is 1. The van der Waals surface area contributed by atoms with Crippen LogP contribution in [-0.4, -0.2) is 16.7 Å². The van der Waals surface area contributed by atoms with Crippen LogP contribution < -0.4 is 10.6 Å². The summed E-state index contributed by atoms with van der Waals surface area (Å²) in [5.74, 6) is 0. The van der Waals surface area contributed by atoms with Crippen molar-refractivity contribution in [3.63, 3.8) is 0 Å². The molecule has 0 spiro atoms. The number of hydrogen-bond acceptors (Lipinski definition) is 5. The van der Waals surface area contributed by atoms with E-state index in [-0.39, 0.29) is 0 Å². The minimum Gasteiger partial charge on any atom is -0.374 e. The van der Waals surface area contributed by atoms with Crippen molar-refractivity contribution < 1.29 is 0 Å². The van der Waals surface area contributed by atoms with Gasteiger partial charge in [0.15, 0.2) is 0 Å². The molecular weight excluding hydrogens is 232 g/mol. The zero-order chi connectivity index (χ0) is 12.3. The average molecular weight is 248 g/mol. The Morgan fingerprint density at radius 2 is 2.06 bits per heavy atom. The van der Waals surface area contributed by atoms with E-state index in [1.807, 2.05) is 0 Å². The Labute approximate surface area is 105 Å². The van der Waals surface area contributed by atoms with Gasteiger partial charge in [-0.1, -0.05) is 29.5 Å². The lowest BCUT2D eigenvalue weighted by molar-refractivity contribution is 0.809. The molecule has 0 saturated carbocycles. The van der Waals surface area contributed by atoms with Crippen LogP contribution in [0.25, 0.3) is 0 Å². The fraction of sp³-hybridized carbons (Fsp3) is 0.333. The van der Waals surface area contributed by atoms with Gasteiger partial charge in [-0.25, -0.2) is 0 Å². The predicted molar refractivity (Wildman–Crippen MR) is 72.2 cm³/mol. The van der Waals surface area contributed by atoms with Gasteiger partial charge in [0.1, 0.15) is 5.01 Å². The molecule has 0 aliphatic rings. The Morgan fingerprint density at radius 3 is 2.65 bits per heavy atom. The molecule has 1 aromatic heterocycles.